The molecule has 1 aromatic rings. The van der Waals surface area contributed by atoms with E-state index in [0.717, 1.165) is 24.0 Å². The average molecular weight is 567 g/mol. The Morgan fingerprint density at radius 1 is 1.26 bits per heavy atom. The van der Waals surface area contributed by atoms with Gasteiger partial charge in [0.05, 0.1) is 4.90 Å². The summed E-state index contributed by atoms with van der Waals surface area (Å²) in [5.74, 6) is 0.611. The number of sulfone groups is 1. The molecule has 176 valence electrons. The number of ether oxygens (including phenoxy) is 1. The zero-order chi connectivity index (χ0) is 22.5. The predicted molar refractivity (Wildman–Crippen MR) is 134 cm³/mol. The van der Waals surface area contributed by atoms with Gasteiger partial charge in [-0.3, -0.25) is 4.99 Å². The van der Waals surface area contributed by atoms with Crippen LogP contribution in [0.4, 0.5) is 4.79 Å². The van der Waals surface area contributed by atoms with E-state index in [1.54, 1.807) is 31.0 Å². The topological polar surface area (TPSA) is 100 Å². The SMILES string of the molecule is CN=C(NCCN(C(=O)OC(C)(C)C)C1CC1)NCc1ccc(S(C)(=O)=O)c(C)c1.I. The second kappa shape index (κ2) is 11.3. The van der Waals surface area contributed by atoms with Crippen LogP contribution in [0.3, 0.4) is 0 Å². The Bertz CT molecular complexity index is 893. The molecule has 1 fully saturated rings. The highest BCUT2D eigenvalue weighted by molar-refractivity contribution is 14.0. The van der Waals surface area contributed by atoms with E-state index in [4.69, 9.17) is 4.74 Å². The van der Waals surface area contributed by atoms with Crippen LogP contribution in [0.1, 0.15) is 44.7 Å². The number of hydrogen-bond acceptors (Lipinski definition) is 5. The number of nitrogens with one attached hydrogen (secondary N) is 2. The van der Waals surface area contributed by atoms with Gasteiger partial charge in [0.15, 0.2) is 15.8 Å². The summed E-state index contributed by atoms with van der Waals surface area (Å²) in [6.45, 7) is 8.96. The van der Waals surface area contributed by atoms with Gasteiger partial charge in [-0.25, -0.2) is 13.2 Å². The highest BCUT2D eigenvalue weighted by Crippen LogP contribution is 2.28. The lowest BCUT2D eigenvalue weighted by Crippen LogP contribution is -2.45. The summed E-state index contributed by atoms with van der Waals surface area (Å²) in [6, 6.07) is 5.54. The quantitative estimate of drug-likeness (QED) is 0.299. The largest absolute Gasteiger partial charge is 0.444 e. The van der Waals surface area contributed by atoms with Crippen LogP contribution in [0.15, 0.2) is 28.1 Å². The Morgan fingerprint density at radius 3 is 2.39 bits per heavy atom. The van der Waals surface area contributed by atoms with Crippen LogP contribution in [-0.2, 0) is 21.1 Å². The van der Waals surface area contributed by atoms with Crippen molar-refractivity contribution >= 4 is 45.9 Å². The van der Waals surface area contributed by atoms with Crippen molar-refractivity contribution in [1.82, 2.24) is 15.5 Å². The van der Waals surface area contributed by atoms with Crippen molar-refractivity contribution in [3.05, 3.63) is 29.3 Å². The number of carbonyl (C=O) groups excluding carboxylic acids is 1. The number of nitrogens with zero attached hydrogens (tertiary/aromatic N) is 2. The van der Waals surface area contributed by atoms with Crippen molar-refractivity contribution in [3.8, 4) is 0 Å². The number of aliphatic imine (C=N–C) groups is 1. The van der Waals surface area contributed by atoms with Crippen molar-refractivity contribution in [1.29, 1.82) is 0 Å². The molecular formula is C21H35IN4O4S. The molecule has 8 nitrogen and oxygen atoms in total. The van der Waals surface area contributed by atoms with E-state index in [1.807, 2.05) is 26.8 Å². The van der Waals surface area contributed by atoms with Crippen LogP contribution < -0.4 is 10.6 Å². The Kier molecular flexibility index (Phi) is 10.1. The van der Waals surface area contributed by atoms with Gasteiger partial charge in [0.2, 0.25) is 0 Å². The standard InChI is InChI=1S/C21H34N4O4S.HI/c1-15-13-16(7-10-18(15)30(6,27)28)14-24-19(22-5)23-11-12-25(17-8-9-17)20(26)29-21(2,3)4;/h7,10,13,17H,8-9,11-12,14H2,1-6H3,(H2,22,23,24);1H. The molecule has 1 aliphatic rings. The summed E-state index contributed by atoms with van der Waals surface area (Å²) in [5.41, 5.74) is 1.16. The first kappa shape index (κ1) is 27.5. The maximum Gasteiger partial charge on any atom is 0.410 e. The van der Waals surface area contributed by atoms with Crippen molar-refractivity contribution in [2.75, 3.05) is 26.4 Å². The molecule has 10 heteroatoms. The minimum absolute atomic E-state index is 0. The third-order valence-electron chi connectivity index (χ3n) is 4.58. The number of carbonyl (C=O) groups is 1. The Labute approximate surface area is 203 Å². The molecule has 0 spiro atoms. The van der Waals surface area contributed by atoms with Crippen LogP contribution in [0.5, 0.6) is 0 Å². The zero-order valence-corrected chi connectivity index (χ0v) is 22.3. The van der Waals surface area contributed by atoms with E-state index < -0.39 is 15.4 Å². The van der Waals surface area contributed by atoms with Crippen LogP contribution >= 0.6 is 24.0 Å². The molecule has 0 heterocycles. The number of halogens is 1. The third-order valence-corrected chi connectivity index (χ3v) is 5.84. The van der Waals surface area contributed by atoms with Gasteiger partial charge in [-0.05, 0) is 57.7 Å². The summed E-state index contributed by atoms with van der Waals surface area (Å²) >= 11 is 0. The number of amides is 1. The fourth-order valence-electron chi connectivity index (χ4n) is 3.07. The molecule has 0 saturated heterocycles. The number of hydrogen-bond donors (Lipinski definition) is 2. The molecule has 0 unspecified atom stereocenters. The zero-order valence-electron chi connectivity index (χ0n) is 19.2. The summed E-state index contributed by atoms with van der Waals surface area (Å²) in [6.07, 6.45) is 2.95. The second-order valence-corrected chi connectivity index (χ2v) is 10.6. The minimum atomic E-state index is -3.23. The Balaban J connectivity index is 0.00000480. The maximum atomic E-state index is 12.4. The maximum absolute atomic E-state index is 12.4. The monoisotopic (exact) mass is 566 g/mol. The molecule has 1 aromatic carbocycles. The number of rotatable bonds is 7. The van der Waals surface area contributed by atoms with E-state index in [9.17, 15) is 13.2 Å². The van der Waals surface area contributed by atoms with Gasteiger partial charge < -0.3 is 20.3 Å². The van der Waals surface area contributed by atoms with Crippen LogP contribution in [0, 0.1) is 6.92 Å². The van der Waals surface area contributed by atoms with E-state index in [0.29, 0.717) is 30.5 Å². The lowest BCUT2D eigenvalue weighted by molar-refractivity contribution is 0.0238. The molecule has 0 aromatic heterocycles. The van der Waals surface area contributed by atoms with Crippen LogP contribution in [0.25, 0.3) is 0 Å². The molecule has 31 heavy (non-hydrogen) atoms. The van der Waals surface area contributed by atoms with Crippen molar-refractivity contribution in [2.45, 2.75) is 63.6 Å². The lowest BCUT2D eigenvalue weighted by atomic mass is 10.1. The molecule has 2 N–H and O–H groups in total. The van der Waals surface area contributed by atoms with E-state index in [-0.39, 0.29) is 36.1 Å². The van der Waals surface area contributed by atoms with Crippen molar-refractivity contribution < 1.29 is 17.9 Å². The Hall–Kier alpha value is -1.56. The highest BCUT2D eigenvalue weighted by Gasteiger charge is 2.34. The van der Waals surface area contributed by atoms with Crippen LogP contribution in [0.2, 0.25) is 0 Å². The molecule has 2 rings (SSSR count). The molecule has 1 aliphatic carbocycles. The predicted octanol–water partition coefficient (Wildman–Crippen LogP) is 3.08. The average Bonchev–Trinajstić information content (AvgIpc) is 3.43. The van der Waals surface area contributed by atoms with Crippen LogP contribution in [-0.4, -0.2) is 63.4 Å². The molecule has 1 amide bonds. The fraction of sp³-hybridized carbons (Fsp3) is 0.619. The lowest BCUT2D eigenvalue weighted by Gasteiger charge is -2.27. The summed E-state index contributed by atoms with van der Waals surface area (Å²) < 4.78 is 29.0. The molecule has 0 aliphatic heterocycles. The molecule has 0 bridgehead atoms. The van der Waals surface area contributed by atoms with Crippen molar-refractivity contribution in [3.63, 3.8) is 0 Å². The van der Waals surface area contributed by atoms with Gasteiger partial charge in [-0.1, -0.05) is 12.1 Å². The van der Waals surface area contributed by atoms with E-state index in [1.165, 1.54) is 6.26 Å². The van der Waals surface area contributed by atoms with Gasteiger partial charge in [0.25, 0.3) is 0 Å². The summed E-state index contributed by atoms with van der Waals surface area (Å²) in [7, 11) is -1.55. The van der Waals surface area contributed by atoms with Gasteiger partial charge in [-0.15, -0.1) is 24.0 Å². The first-order valence-electron chi connectivity index (χ1n) is 10.1. The third kappa shape index (κ3) is 9.22. The summed E-state index contributed by atoms with van der Waals surface area (Å²) in [4.78, 5) is 18.7. The minimum Gasteiger partial charge on any atom is -0.444 e. The van der Waals surface area contributed by atoms with E-state index >= 15 is 0 Å². The number of benzene rings is 1. The smallest absolute Gasteiger partial charge is 0.410 e. The van der Waals surface area contributed by atoms with E-state index in [2.05, 4.69) is 15.6 Å². The molecular weight excluding hydrogens is 531 g/mol. The molecule has 0 radical (unpaired) electrons. The molecule has 0 atom stereocenters. The summed E-state index contributed by atoms with van der Waals surface area (Å²) in [5, 5.41) is 6.43. The first-order chi connectivity index (χ1) is 13.9. The second-order valence-electron chi connectivity index (χ2n) is 8.63. The van der Waals surface area contributed by atoms with Gasteiger partial charge in [0, 0.05) is 39.0 Å². The van der Waals surface area contributed by atoms with Gasteiger partial charge in [-0.2, -0.15) is 0 Å². The van der Waals surface area contributed by atoms with Gasteiger partial charge >= 0.3 is 6.09 Å². The van der Waals surface area contributed by atoms with Crippen molar-refractivity contribution in [2.24, 2.45) is 4.99 Å². The number of aryl methyl sites for hydroxylation is 1. The normalized spacial score (nSPS) is 14.5. The number of guanidine groups is 1. The molecule has 1 saturated carbocycles. The Morgan fingerprint density at radius 2 is 1.90 bits per heavy atom. The highest BCUT2D eigenvalue weighted by atomic mass is 127. The van der Waals surface area contributed by atoms with Gasteiger partial charge in [0.1, 0.15) is 5.60 Å². The first-order valence-corrected chi connectivity index (χ1v) is 12.0. The fourth-order valence-corrected chi connectivity index (χ4v) is 4.03.